The minimum atomic E-state index is -0.907. The molecule has 0 unspecified atom stereocenters. The van der Waals surface area contributed by atoms with Crippen molar-refractivity contribution in [1.82, 2.24) is 0 Å². The zero-order valence-corrected chi connectivity index (χ0v) is 12.6. The van der Waals surface area contributed by atoms with Crippen LogP contribution in [0, 0.1) is 25.5 Å². The number of carbonyl (C=O) groups excluding carboxylic acids is 1. The number of hydrogen-bond acceptors (Lipinski definition) is 2. The van der Waals surface area contributed by atoms with Gasteiger partial charge in [-0.25, -0.2) is 8.78 Å². The molecule has 0 spiro atoms. The van der Waals surface area contributed by atoms with Gasteiger partial charge in [0.2, 0.25) is 5.91 Å². The molecule has 0 aliphatic rings. The second kappa shape index (κ2) is 6.72. The number of anilines is 1. The molecule has 0 aromatic heterocycles. The van der Waals surface area contributed by atoms with Gasteiger partial charge in [-0.15, -0.1) is 11.8 Å². The molecule has 0 saturated carbocycles. The van der Waals surface area contributed by atoms with Crippen LogP contribution in [-0.2, 0) is 4.79 Å². The Labute approximate surface area is 126 Å². The number of aryl methyl sites for hydroxylation is 1. The van der Waals surface area contributed by atoms with Crippen LogP contribution in [0.25, 0.3) is 0 Å². The summed E-state index contributed by atoms with van der Waals surface area (Å²) in [6, 6.07) is 9.28. The highest BCUT2D eigenvalue weighted by Crippen LogP contribution is 2.22. The fraction of sp³-hybridized carbons (Fsp3) is 0.188. The Balaban J connectivity index is 1.96. The molecular weight excluding hydrogens is 292 g/mol. The molecule has 5 heteroatoms. The van der Waals surface area contributed by atoms with Crippen LogP contribution in [0.1, 0.15) is 11.1 Å². The first kappa shape index (κ1) is 15.5. The number of rotatable bonds is 4. The summed E-state index contributed by atoms with van der Waals surface area (Å²) in [5.41, 5.74) is 2.88. The minimum Gasteiger partial charge on any atom is -0.325 e. The van der Waals surface area contributed by atoms with Gasteiger partial charge >= 0.3 is 0 Å². The molecule has 2 aromatic rings. The fourth-order valence-corrected chi connectivity index (χ4v) is 2.51. The average Bonchev–Trinajstić information content (AvgIpc) is 2.45. The average molecular weight is 307 g/mol. The molecule has 0 atom stereocenters. The van der Waals surface area contributed by atoms with E-state index < -0.39 is 11.6 Å². The number of benzene rings is 2. The third-order valence-corrected chi connectivity index (χ3v) is 4.13. The molecule has 2 rings (SSSR count). The van der Waals surface area contributed by atoms with Crippen molar-refractivity contribution in [2.75, 3.05) is 11.1 Å². The maximum absolute atomic E-state index is 13.1. The predicted molar refractivity (Wildman–Crippen MR) is 81.6 cm³/mol. The first-order valence-corrected chi connectivity index (χ1v) is 7.40. The summed E-state index contributed by atoms with van der Waals surface area (Å²) < 4.78 is 25.9. The van der Waals surface area contributed by atoms with Gasteiger partial charge in [-0.3, -0.25) is 4.79 Å². The summed E-state index contributed by atoms with van der Waals surface area (Å²) in [5.74, 6) is -1.84. The topological polar surface area (TPSA) is 29.1 Å². The summed E-state index contributed by atoms with van der Waals surface area (Å²) in [7, 11) is 0. The third kappa shape index (κ3) is 4.04. The molecule has 2 aromatic carbocycles. The Hall–Kier alpha value is -1.88. The van der Waals surface area contributed by atoms with Crippen molar-refractivity contribution in [3.05, 3.63) is 59.2 Å². The lowest BCUT2D eigenvalue weighted by molar-refractivity contribution is -0.113. The van der Waals surface area contributed by atoms with Crippen LogP contribution in [0.15, 0.2) is 41.3 Å². The van der Waals surface area contributed by atoms with Gasteiger partial charge in [0.25, 0.3) is 0 Å². The molecule has 0 saturated heterocycles. The van der Waals surface area contributed by atoms with E-state index in [1.165, 1.54) is 6.07 Å². The van der Waals surface area contributed by atoms with E-state index in [0.29, 0.717) is 4.90 Å². The Morgan fingerprint density at radius 1 is 1.14 bits per heavy atom. The van der Waals surface area contributed by atoms with E-state index in [2.05, 4.69) is 5.32 Å². The molecule has 0 bridgehead atoms. The number of nitrogens with one attached hydrogen (secondary N) is 1. The highest BCUT2D eigenvalue weighted by Gasteiger charge is 2.08. The maximum Gasteiger partial charge on any atom is 0.234 e. The lowest BCUT2D eigenvalue weighted by atomic mass is 10.1. The van der Waals surface area contributed by atoms with E-state index in [0.717, 1.165) is 40.7 Å². The first-order valence-electron chi connectivity index (χ1n) is 6.41. The summed E-state index contributed by atoms with van der Waals surface area (Å²) in [6.07, 6.45) is 0. The van der Waals surface area contributed by atoms with E-state index in [4.69, 9.17) is 0 Å². The molecule has 1 amide bonds. The van der Waals surface area contributed by atoms with E-state index in [1.54, 1.807) is 0 Å². The van der Waals surface area contributed by atoms with E-state index in [9.17, 15) is 13.6 Å². The first-order chi connectivity index (χ1) is 9.97. The lowest BCUT2D eigenvalue weighted by Crippen LogP contribution is -2.15. The zero-order chi connectivity index (χ0) is 15.4. The Morgan fingerprint density at radius 3 is 2.62 bits per heavy atom. The summed E-state index contributed by atoms with van der Waals surface area (Å²) in [6.45, 7) is 3.91. The summed E-state index contributed by atoms with van der Waals surface area (Å²) >= 11 is 1.16. The number of amides is 1. The molecular formula is C16H15F2NOS. The van der Waals surface area contributed by atoms with Crippen LogP contribution in [0.4, 0.5) is 14.5 Å². The summed E-state index contributed by atoms with van der Waals surface area (Å²) in [4.78, 5) is 12.4. The number of carbonyl (C=O) groups is 1. The highest BCUT2D eigenvalue weighted by molar-refractivity contribution is 8.00. The van der Waals surface area contributed by atoms with Crippen molar-refractivity contribution in [3.8, 4) is 0 Å². The molecule has 1 N–H and O–H groups in total. The van der Waals surface area contributed by atoms with Crippen molar-refractivity contribution in [3.63, 3.8) is 0 Å². The molecule has 2 nitrogen and oxygen atoms in total. The van der Waals surface area contributed by atoms with Crippen molar-refractivity contribution >= 4 is 23.4 Å². The zero-order valence-electron chi connectivity index (χ0n) is 11.7. The van der Waals surface area contributed by atoms with Gasteiger partial charge in [0, 0.05) is 10.6 Å². The van der Waals surface area contributed by atoms with Gasteiger partial charge in [-0.2, -0.15) is 0 Å². The molecule has 0 aliphatic carbocycles. The van der Waals surface area contributed by atoms with E-state index >= 15 is 0 Å². The van der Waals surface area contributed by atoms with Gasteiger partial charge in [0.05, 0.1) is 5.75 Å². The van der Waals surface area contributed by atoms with Crippen LogP contribution < -0.4 is 5.32 Å². The van der Waals surface area contributed by atoms with Gasteiger partial charge in [0.15, 0.2) is 11.6 Å². The number of halogens is 2. The lowest BCUT2D eigenvalue weighted by Gasteiger charge is -2.10. The third-order valence-electron chi connectivity index (χ3n) is 3.14. The van der Waals surface area contributed by atoms with Crippen LogP contribution in [-0.4, -0.2) is 11.7 Å². The number of hydrogen-bond donors (Lipinski definition) is 1. The molecule has 110 valence electrons. The second-order valence-corrected chi connectivity index (χ2v) is 5.71. The van der Waals surface area contributed by atoms with Crippen molar-refractivity contribution in [1.29, 1.82) is 0 Å². The standard InChI is InChI=1S/C16H15F2NOS/c1-10-4-3-5-15(11(10)2)19-16(20)9-21-12-6-7-13(17)14(18)8-12/h3-8H,9H2,1-2H3,(H,19,20). The highest BCUT2D eigenvalue weighted by atomic mass is 32.2. The van der Waals surface area contributed by atoms with Gasteiger partial charge in [-0.1, -0.05) is 12.1 Å². The predicted octanol–water partition coefficient (Wildman–Crippen LogP) is 4.31. The molecule has 0 fully saturated rings. The summed E-state index contributed by atoms with van der Waals surface area (Å²) in [5, 5.41) is 2.82. The minimum absolute atomic E-state index is 0.137. The van der Waals surface area contributed by atoms with Crippen molar-refractivity contribution in [2.45, 2.75) is 18.7 Å². The SMILES string of the molecule is Cc1cccc(NC(=O)CSc2ccc(F)c(F)c2)c1C. The van der Waals surface area contributed by atoms with Crippen LogP contribution >= 0.6 is 11.8 Å². The van der Waals surface area contributed by atoms with Gasteiger partial charge in [-0.05, 0) is 49.2 Å². The van der Waals surface area contributed by atoms with E-state index in [-0.39, 0.29) is 11.7 Å². The quantitative estimate of drug-likeness (QED) is 0.853. The molecule has 0 radical (unpaired) electrons. The fourth-order valence-electron chi connectivity index (χ4n) is 1.79. The van der Waals surface area contributed by atoms with E-state index in [1.807, 2.05) is 32.0 Å². The smallest absolute Gasteiger partial charge is 0.234 e. The van der Waals surface area contributed by atoms with Crippen molar-refractivity contribution < 1.29 is 13.6 Å². The second-order valence-electron chi connectivity index (χ2n) is 4.66. The number of thioether (sulfide) groups is 1. The normalized spacial score (nSPS) is 10.5. The maximum atomic E-state index is 13.1. The van der Waals surface area contributed by atoms with Gasteiger partial charge in [0.1, 0.15) is 0 Å². The molecule has 0 aliphatic heterocycles. The molecule has 0 heterocycles. The Morgan fingerprint density at radius 2 is 1.90 bits per heavy atom. The molecule has 21 heavy (non-hydrogen) atoms. The monoisotopic (exact) mass is 307 g/mol. The Bertz CT molecular complexity index is 673. The Kier molecular flexibility index (Phi) is 4.96. The van der Waals surface area contributed by atoms with Crippen LogP contribution in [0.3, 0.4) is 0 Å². The van der Waals surface area contributed by atoms with Crippen molar-refractivity contribution in [2.24, 2.45) is 0 Å². The van der Waals surface area contributed by atoms with Crippen LogP contribution in [0.2, 0.25) is 0 Å². The van der Waals surface area contributed by atoms with Crippen LogP contribution in [0.5, 0.6) is 0 Å². The van der Waals surface area contributed by atoms with Gasteiger partial charge < -0.3 is 5.32 Å². The largest absolute Gasteiger partial charge is 0.325 e.